The number of benzene rings is 1. The molecule has 1 rings (SSSR count). The molecule has 0 atom stereocenters. The van der Waals surface area contributed by atoms with E-state index in [4.69, 9.17) is 26.8 Å². The Balaban J connectivity index is 2.51. The molecule has 1 aromatic rings. The lowest BCUT2D eigenvalue weighted by Gasteiger charge is -2.11. The minimum Gasteiger partial charge on any atom is -0.489 e. The lowest BCUT2D eigenvalue weighted by Crippen LogP contribution is -2.12. The zero-order valence-corrected chi connectivity index (χ0v) is 10.1. The Kier molecular flexibility index (Phi) is 4.83. The van der Waals surface area contributed by atoms with E-state index in [1.807, 2.05) is 13.8 Å². The molecule has 0 radical (unpaired) electrons. The predicted molar refractivity (Wildman–Crippen MR) is 62.4 cm³/mol. The first-order valence-corrected chi connectivity index (χ1v) is 5.37. The molecule has 2 N–H and O–H groups in total. The maximum Gasteiger partial charge on any atom is 0.144 e. The standard InChI is InChI=1S/C11H15ClFNO2/c1-7(2)15-3-4-16-11-5-8(12)9(13)6-10(11)14/h5-7H,3-4,14H2,1-2H3. The fourth-order valence-corrected chi connectivity index (χ4v) is 1.26. The molecule has 1 aromatic carbocycles. The van der Waals surface area contributed by atoms with Crippen LogP contribution in [0.1, 0.15) is 13.8 Å². The van der Waals surface area contributed by atoms with Gasteiger partial charge in [-0.15, -0.1) is 0 Å². The van der Waals surface area contributed by atoms with E-state index in [1.54, 1.807) is 0 Å². The van der Waals surface area contributed by atoms with Gasteiger partial charge in [0.05, 0.1) is 23.4 Å². The molecule has 0 amide bonds. The van der Waals surface area contributed by atoms with Gasteiger partial charge in [-0.25, -0.2) is 4.39 Å². The molecule has 0 unspecified atom stereocenters. The highest BCUT2D eigenvalue weighted by Crippen LogP contribution is 2.28. The SMILES string of the molecule is CC(C)OCCOc1cc(Cl)c(F)cc1N. The predicted octanol–water partition coefficient (Wildman–Crippen LogP) is 2.87. The van der Waals surface area contributed by atoms with Crippen LogP contribution in [0.4, 0.5) is 10.1 Å². The van der Waals surface area contributed by atoms with Crippen molar-refractivity contribution in [3.63, 3.8) is 0 Å². The van der Waals surface area contributed by atoms with E-state index in [2.05, 4.69) is 0 Å². The molecular formula is C11H15ClFNO2. The van der Waals surface area contributed by atoms with Gasteiger partial charge in [0.25, 0.3) is 0 Å². The van der Waals surface area contributed by atoms with Crippen LogP contribution in [0.3, 0.4) is 0 Å². The summed E-state index contributed by atoms with van der Waals surface area (Å²) in [5, 5.41) is -0.00558. The molecule has 0 aliphatic carbocycles. The van der Waals surface area contributed by atoms with Crippen molar-refractivity contribution < 1.29 is 13.9 Å². The number of nitrogen functional groups attached to an aromatic ring is 1. The van der Waals surface area contributed by atoms with Crippen LogP contribution in [0.25, 0.3) is 0 Å². The summed E-state index contributed by atoms with van der Waals surface area (Å²) in [6.45, 7) is 4.67. The van der Waals surface area contributed by atoms with Gasteiger partial charge in [-0.05, 0) is 13.8 Å². The summed E-state index contributed by atoms with van der Waals surface area (Å²) in [4.78, 5) is 0. The van der Waals surface area contributed by atoms with E-state index in [1.165, 1.54) is 6.07 Å². The molecule has 0 aliphatic rings. The van der Waals surface area contributed by atoms with E-state index in [0.29, 0.717) is 19.0 Å². The van der Waals surface area contributed by atoms with Gasteiger partial charge in [0, 0.05) is 12.1 Å². The lowest BCUT2D eigenvalue weighted by molar-refractivity contribution is 0.0554. The maximum absolute atomic E-state index is 13.0. The summed E-state index contributed by atoms with van der Waals surface area (Å²) in [5.41, 5.74) is 5.80. The summed E-state index contributed by atoms with van der Waals surface area (Å²) >= 11 is 5.61. The molecular weight excluding hydrogens is 233 g/mol. The molecule has 0 saturated carbocycles. The van der Waals surface area contributed by atoms with Gasteiger partial charge in [0.2, 0.25) is 0 Å². The highest BCUT2D eigenvalue weighted by Gasteiger charge is 2.07. The number of anilines is 1. The minimum absolute atomic E-state index is 0.00558. The monoisotopic (exact) mass is 247 g/mol. The smallest absolute Gasteiger partial charge is 0.144 e. The molecule has 90 valence electrons. The van der Waals surface area contributed by atoms with Gasteiger partial charge in [0.15, 0.2) is 0 Å². The lowest BCUT2D eigenvalue weighted by atomic mass is 10.3. The zero-order valence-electron chi connectivity index (χ0n) is 9.30. The first-order valence-electron chi connectivity index (χ1n) is 4.99. The highest BCUT2D eigenvalue weighted by molar-refractivity contribution is 6.31. The Morgan fingerprint density at radius 2 is 2.06 bits per heavy atom. The Labute approximate surface area is 99.3 Å². The van der Waals surface area contributed by atoms with Crippen LogP contribution in [0.5, 0.6) is 5.75 Å². The van der Waals surface area contributed by atoms with Crippen molar-refractivity contribution in [1.29, 1.82) is 0 Å². The van der Waals surface area contributed by atoms with E-state index >= 15 is 0 Å². The molecule has 0 heterocycles. The summed E-state index contributed by atoms with van der Waals surface area (Å²) in [5.74, 6) is -0.177. The van der Waals surface area contributed by atoms with Crippen molar-refractivity contribution in [3.8, 4) is 5.75 Å². The second-order valence-corrected chi connectivity index (χ2v) is 3.98. The van der Waals surface area contributed by atoms with Crippen molar-refractivity contribution >= 4 is 17.3 Å². The third kappa shape index (κ3) is 3.87. The van der Waals surface area contributed by atoms with Crippen molar-refractivity contribution in [2.75, 3.05) is 18.9 Å². The average molecular weight is 248 g/mol. The van der Waals surface area contributed by atoms with Gasteiger partial charge in [0.1, 0.15) is 18.2 Å². The van der Waals surface area contributed by atoms with Crippen LogP contribution in [-0.4, -0.2) is 19.3 Å². The van der Waals surface area contributed by atoms with Crippen molar-refractivity contribution in [3.05, 3.63) is 23.0 Å². The summed E-state index contributed by atoms with van der Waals surface area (Å²) in [7, 11) is 0. The second kappa shape index (κ2) is 5.92. The van der Waals surface area contributed by atoms with Crippen LogP contribution >= 0.6 is 11.6 Å². The fourth-order valence-electron chi connectivity index (χ4n) is 1.10. The molecule has 0 bridgehead atoms. The van der Waals surface area contributed by atoms with Crippen LogP contribution in [-0.2, 0) is 4.74 Å². The van der Waals surface area contributed by atoms with Crippen LogP contribution in [0.2, 0.25) is 5.02 Å². The van der Waals surface area contributed by atoms with Crippen LogP contribution in [0, 0.1) is 5.82 Å². The maximum atomic E-state index is 13.0. The van der Waals surface area contributed by atoms with E-state index < -0.39 is 5.82 Å². The summed E-state index contributed by atoms with van der Waals surface area (Å²) in [6.07, 6.45) is 0.151. The van der Waals surface area contributed by atoms with Gasteiger partial charge in [-0.2, -0.15) is 0 Å². The number of hydrogen-bond acceptors (Lipinski definition) is 3. The number of nitrogens with two attached hydrogens (primary N) is 1. The highest BCUT2D eigenvalue weighted by atomic mass is 35.5. The quantitative estimate of drug-likeness (QED) is 0.643. The number of halogens is 2. The molecule has 0 aromatic heterocycles. The Bertz CT molecular complexity index is 358. The normalized spacial score (nSPS) is 10.8. The number of hydrogen-bond donors (Lipinski definition) is 1. The second-order valence-electron chi connectivity index (χ2n) is 3.57. The van der Waals surface area contributed by atoms with Crippen molar-refractivity contribution in [1.82, 2.24) is 0 Å². The Hall–Kier alpha value is -1.00. The molecule has 5 heteroatoms. The topological polar surface area (TPSA) is 44.5 Å². The first-order chi connectivity index (χ1) is 7.50. The largest absolute Gasteiger partial charge is 0.489 e. The minimum atomic E-state index is -0.551. The first kappa shape index (κ1) is 13.1. The Morgan fingerprint density at radius 1 is 1.38 bits per heavy atom. The van der Waals surface area contributed by atoms with Crippen LogP contribution < -0.4 is 10.5 Å². The molecule has 3 nitrogen and oxygen atoms in total. The molecule has 0 spiro atoms. The number of rotatable bonds is 5. The van der Waals surface area contributed by atoms with Gasteiger partial charge in [-0.3, -0.25) is 0 Å². The molecule has 0 aliphatic heterocycles. The summed E-state index contributed by atoms with van der Waals surface area (Å²) < 4.78 is 23.6. The van der Waals surface area contributed by atoms with E-state index in [0.717, 1.165) is 6.07 Å². The third-order valence-electron chi connectivity index (χ3n) is 1.84. The Morgan fingerprint density at radius 3 is 2.69 bits per heavy atom. The van der Waals surface area contributed by atoms with Gasteiger partial charge in [-0.1, -0.05) is 11.6 Å². The van der Waals surface area contributed by atoms with Crippen LogP contribution in [0.15, 0.2) is 12.1 Å². The van der Waals surface area contributed by atoms with Crippen molar-refractivity contribution in [2.24, 2.45) is 0 Å². The van der Waals surface area contributed by atoms with E-state index in [9.17, 15) is 4.39 Å². The summed E-state index contributed by atoms with van der Waals surface area (Å²) in [6, 6.07) is 2.50. The molecule has 16 heavy (non-hydrogen) atoms. The zero-order chi connectivity index (χ0) is 12.1. The number of ether oxygens (including phenoxy) is 2. The van der Waals surface area contributed by atoms with Crippen molar-refractivity contribution in [2.45, 2.75) is 20.0 Å². The fraction of sp³-hybridized carbons (Fsp3) is 0.455. The van der Waals surface area contributed by atoms with Gasteiger partial charge >= 0.3 is 0 Å². The molecule has 0 saturated heterocycles. The van der Waals surface area contributed by atoms with Gasteiger partial charge < -0.3 is 15.2 Å². The average Bonchev–Trinajstić information content (AvgIpc) is 2.19. The molecule has 0 fully saturated rings. The van der Waals surface area contributed by atoms with E-state index in [-0.39, 0.29) is 16.8 Å². The third-order valence-corrected chi connectivity index (χ3v) is 2.13.